The summed E-state index contributed by atoms with van der Waals surface area (Å²) in [6, 6.07) is 16.2. The summed E-state index contributed by atoms with van der Waals surface area (Å²) in [4.78, 5) is 19.1. The highest BCUT2D eigenvalue weighted by Crippen LogP contribution is 2.32. The second kappa shape index (κ2) is 8.86. The number of aromatic nitrogens is 2. The van der Waals surface area contributed by atoms with Gasteiger partial charge in [-0.25, -0.2) is 9.07 Å². The lowest BCUT2D eigenvalue weighted by molar-refractivity contribution is 0.0751. The van der Waals surface area contributed by atoms with Crippen molar-refractivity contribution in [2.75, 3.05) is 37.7 Å². The van der Waals surface area contributed by atoms with Crippen molar-refractivity contribution in [2.45, 2.75) is 13.8 Å². The SMILES string of the molecule is CCOc1ccccc1N1CCN(C(=O)c2cc3c(C)nn(-c4ccc(F)cc4)c3s2)CC1. The van der Waals surface area contributed by atoms with Gasteiger partial charge in [0.2, 0.25) is 0 Å². The number of rotatable bonds is 5. The highest BCUT2D eigenvalue weighted by atomic mass is 32.1. The lowest BCUT2D eigenvalue weighted by Gasteiger charge is -2.36. The quantitative estimate of drug-likeness (QED) is 0.422. The van der Waals surface area contributed by atoms with Crippen molar-refractivity contribution < 1.29 is 13.9 Å². The predicted octanol–water partition coefficient (Wildman–Crippen LogP) is 4.90. The Kier molecular flexibility index (Phi) is 5.76. The van der Waals surface area contributed by atoms with Gasteiger partial charge in [0, 0.05) is 31.6 Å². The summed E-state index contributed by atoms with van der Waals surface area (Å²) in [5.41, 5.74) is 2.70. The van der Waals surface area contributed by atoms with Crippen LogP contribution in [0.25, 0.3) is 15.9 Å². The van der Waals surface area contributed by atoms with E-state index in [1.165, 1.54) is 23.5 Å². The highest BCUT2D eigenvalue weighted by molar-refractivity contribution is 7.20. The lowest BCUT2D eigenvalue weighted by Crippen LogP contribution is -2.48. The summed E-state index contributed by atoms with van der Waals surface area (Å²) in [6.45, 7) is 7.34. The third-order valence-electron chi connectivity index (χ3n) is 5.90. The molecule has 0 bridgehead atoms. The van der Waals surface area contributed by atoms with Gasteiger partial charge in [0.15, 0.2) is 0 Å². The Labute approximate surface area is 195 Å². The number of para-hydroxylation sites is 2. The monoisotopic (exact) mass is 464 g/mol. The number of carbonyl (C=O) groups excluding carboxylic acids is 1. The van der Waals surface area contributed by atoms with Gasteiger partial charge in [-0.05, 0) is 56.3 Å². The Morgan fingerprint density at radius 3 is 2.55 bits per heavy atom. The summed E-state index contributed by atoms with van der Waals surface area (Å²) >= 11 is 1.43. The van der Waals surface area contributed by atoms with Gasteiger partial charge in [-0.15, -0.1) is 11.3 Å². The molecule has 2 aromatic carbocycles. The molecule has 5 rings (SSSR count). The minimum atomic E-state index is -0.288. The zero-order valence-corrected chi connectivity index (χ0v) is 19.4. The fraction of sp³-hybridized carbons (Fsp3) is 0.280. The average Bonchev–Trinajstić information content (AvgIpc) is 3.41. The molecule has 1 aliphatic rings. The Hall–Kier alpha value is -3.39. The van der Waals surface area contributed by atoms with Crippen LogP contribution >= 0.6 is 11.3 Å². The van der Waals surface area contributed by atoms with Gasteiger partial charge in [-0.3, -0.25) is 4.79 Å². The summed E-state index contributed by atoms with van der Waals surface area (Å²) in [5.74, 6) is 0.632. The van der Waals surface area contributed by atoms with Crippen molar-refractivity contribution in [1.82, 2.24) is 14.7 Å². The summed E-state index contributed by atoms with van der Waals surface area (Å²) in [6.07, 6.45) is 0. The number of halogens is 1. The molecule has 1 saturated heterocycles. The van der Waals surface area contributed by atoms with Gasteiger partial charge in [-0.2, -0.15) is 5.10 Å². The van der Waals surface area contributed by atoms with Crippen LogP contribution in [0.1, 0.15) is 22.3 Å². The van der Waals surface area contributed by atoms with Gasteiger partial charge < -0.3 is 14.5 Å². The molecule has 1 aliphatic heterocycles. The number of nitrogens with zero attached hydrogens (tertiary/aromatic N) is 4. The number of hydrogen-bond donors (Lipinski definition) is 0. The zero-order chi connectivity index (χ0) is 22.9. The molecule has 8 heteroatoms. The topological polar surface area (TPSA) is 50.6 Å². The molecular weight excluding hydrogens is 439 g/mol. The number of aryl methyl sites for hydroxylation is 1. The molecule has 0 atom stereocenters. The molecule has 0 N–H and O–H groups in total. The normalized spacial score (nSPS) is 14.2. The molecule has 1 amide bonds. The second-order valence-electron chi connectivity index (χ2n) is 7.98. The van der Waals surface area contributed by atoms with Crippen LogP contribution in [0.2, 0.25) is 0 Å². The molecule has 0 saturated carbocycles. The van der Waals surface area contributed by atoms with E-state index >= 15 is 0 Å². The lowest BCUT2D eigenvalue weighted by atomic mass is 10.2. The van der Waals surface area contributed by atoms with Crippen LogP contribution in [0.4, 0.5) is 10.1 Å². The van der Waals surface area contributed by atoms with Crippen molar-refractivity contribution in [3.63, 3.8) is 0 Å². The minimum Gasteiger partial charge on any atom is -0.492 e. The second-order valence-corrected chi connectivity index (χ2v) is 9.01. The Morgan fingerprint density at radius 1 is 1.09 bits per heavy atom. The third-order valence-corrected chi connectivity index (χ3v) is 7.00. The van der Waals surface area contributed by atoms with Crippen LogP contribution in [0.15, 0.2) is 54.6 Å². The van der Waals surface area contributed by atoms with E-state index in [1.54, 1.807) is 16.8 Å². The molecule has 0 unspecified atom stereocenters. The Bertz CT molecular complexity index is 1290. The van der Waals surface area contributed by atoms with Crippen molar-refractivity contribution in [3.8, 4) is 11.4 Å². The van der Waals surface area contributed by atoms with E-state index in [4.69, 9.17) is 4.74 Å². The first-order valence-electron chi connectivity index (χ1n) is 11.1. The maximum atomic E-state index is 13.3. The van der Waals surface area contributed by atoms with E-state index < -0.39 is 0 Å². The first kappa shape index (κ1) is 21.5. The number of anilines is 1. The molecule has 4 aromatic rings. The highest BCUT2D eigenvalue weighted by Gasteiger charge is 2.26. The molecule has 6 nitrogen and oxygen atoms in total. The van der Waals surface area contributed by atoms with Crippen LogP contribution in [0.3, 0.4) is 0 Å². The Balaban J connectivity index is 1.34. The number of piperazine rings is 1. The molecule has 2 aromatic heterocycles. The van der Waals surface area contributed by atoms with Gasteiger partial charge in [-0.1, -0.05) is 12.1 Å². The first-order chi connectivity index (χ1) is 16.0. The van der Waals surface area contributed by atoms with E-state index in [0.717, 1.165) is 46.1 Å². The predicted molar refractivity (Wildman–Crippen MR) is 129 cm³/mol. The number of hydrogen-bond acceptors (Lipinski definition) is 5. The number of ether oxygens (including phenoxy) is 1. The van der Waals surface area contributed by atoms with Crippen LogP contribution in [-0.2, 0) is 0 Å². The summed E-state index contributed by atoms with van der Waals surface area (Å²) in [7, 11) is 0. The minimum absolute atomic E-state index is 0.0407. The van der Waals surface area contributed by atoms with E-state index in [2.05, 4.69) is 16.1 Å². The van der Waals surface area contributed by atoms with Crippen LogP contribution < -0.4 is 9.64 Å². The van der Waals surface area contributed by atoms with Crippen molar-refractivity contribution in [1.29, 1.82) is 0 Å². The van der Waals surface area contributed by atoms with E-state index in [1.807, 2.05) is 43.0 Å². The van der Waals surface area contributed by atoms with Crippen LogP contribution in [0.5, 0.6) is 5.75 Å². The number of carbonyl (C=O) groups is 1. The fourth-order valence-corrected chi connectivity index (χ4v) is 5.36. The number of benzene rings is 2. The van der Waals surface area contributed by atoms with E-state index in [-0.39, 0.29) is 11.7 Å². The molecule has 170 valence electrons. The van der Waals surface area contributed by atoms with Gasteiger partial charge in [0.25, 0.3) is 5.91 Å². The number of fused-ring (bicyclic) bond motifs is 1. The van der Waals surface area contributed by atoms with Crippen molar-refractivity contribution in [2.24, 2.45) is 0 Å². The van der Waals surface area contributed by atoms with Crippen molar-refractivity contribution >= 4 is 33.1 Å². The number of amides is 1. The van der Waals surface area contributed by atoms with E-state index in [0.29, 0.717) is 24.6 Å². The maximum Gasteiger partial charge on any atom is 0.264 e. The smallest absolute Gasteiger partial charge is 0.264 e. The Morgan fingerprint density at radius 2 is 1.82 bits per heavy atom. The largest absolute Gasteiger partial charge is 0.492 e. The molecule has 3 heterocycles. The fourth-order valence-electron chi connectivity index (χ4n) is 4.21. The maximum absolute atomic E-state index is 13.3. The molecule has 0 radical (unpaired) electrons. The van der Waals surface area contributed by atoms with Crippen molar-refractivity contribution in [3.05, 3.63) is 71.0 Å². The summed E-state index contributed by atoms with van der Waals surface area (Å²) in [5, 5.41) is 5.55. The molecule has 0 aliphatic carbocycles. The zero-order valence-electron chi connectivity index (χ0n) is 18.6. The molecule has 33 heavy (non-hydrogen) atoms. The molecule has 1 fully saturated rings. The van der Waals surface area contributed by atoms with Gasteiger partial charge in [0.05, 0.1) is 28.6 Å². The van der Waals surface area contributed by atoms with E-state index in [9.17, 15) is 9.18 Å². The number of thiophene rings is 1. The average molecular weight is 465 g/mol. The standard InChI is InChI=1S/C25H25FN4O2S/c1-3-32-22-7-5-4-6-21(22)28-12-14-29(15-13-28)24(31)23-16-20-17(2)27-30(25(20)33-23)19-10-8-18(26)9-11-19/h4-11,16H,3,12-15H2,1-2H3. The van der Waals surface area contributed by atoms with Gasteiger partial charge >= 0.3 is 0 Å². The van der Waals surface area contributed by atoms with Crippen LogP contribution in [-0.4, -0.2) is 53.4 Å². The third kappa shape index (κ3) is 4.06. The first-order valence-corrected chi connectivity index (χ1v) is 11.9. The molecular formula is C25H25FN4O2S. The van der Waals surface area contributed by atoms with Crippen LogP contribution in [0, 0.1) is 12.7 Å². The summed E-state index contributed by atoms with van der Waals surface area (Å²) < 4.78 is 20.9. The molecule has 0 spiro atoms. The van der Waals surface area contributed by atoms with Gasteiger partial charge in [0.1, 0.15) is 16.4 Å².